The van der Waals surface area contributed by atoms with Crippen molar-refractivity contribution < 1.29 is 0 Å². The smallest absolute Gasteiger partial charge is 0.0620 e. The van der Waals surface area contributed by atoms with Gasteiger partial charge >= 0.3 is 0 Å². The second-order valence-corrected chi connectivity index (χ2v) is 35.2. The molecule has 0 saturated heterocycles. The van der Waals surface area contributed by atoms with Crippen LogP contribution in [0, 0.1) is 0 Å². The van der Waals surface area contributed by atoms with E-state index in [-0.39, 0.29) is 0 Å². The van der Waals surface area contributed by atoms with Crippen LogP contribution < -0.4 is 0 Å². The van der Waals surface area contributed by atoms with Gasteiger partial charge in [-0.25, -0.2) is 0 Å². The second kappa shape index (κ2) is 27.0. The van der Waals surface area contributed by atoms with Crippen LogP contribution in [0.5, 0.6) is 0 Å². The summed E-state index contributed by atoms with van der Waals surface area (Å²) in [5, 5.41) is 26.0. The molecule has 588 valence electrons. The molecule has 0 spiro atoms. The quantitative estimate of drug-likeness (QED) is 0.152. The number of fused-ring (bicyclic) bond motifs is 30. The predicted octanol–water partition coefficient (Wildman–Crippen LogP) is 32.8. The molecule has 0 fully saturated rings. The normalized spacial score (nSPS) is 12.3. The first-order chi connectivity index (χ1) is 63.0. The zero-order valence-electron chi connectivity index (χ0n) is 68.7. The summed E-state index contributed by atoms with van der Waals surface area (Å²) in [6, 6.07) is 160. The molecule has 0 radical (unpaired) electrons. The Kier molecular flexibility index (Phi) is 14.9. The Hall–Kier alpha value is -16.6. The van der Waals surface area contributed by atoms with Gasteiger partial charge in [-0.3, -0.25) is 0 Å². The minimum absolute atomic E-state index is 1.17. The van der Waals surface area contributed by atoms with E-state index in [0.29, 0.717) is 0 Å². The molecular weight excluding hydrogens is 1560 g/mol. The number of aromatic nitrogens is 6. The Labute approximate surface area is 731 Å². The Morgan fingerprint density at radius 1 is 0.126 bits per heavy atom. The molecule has 0 saturated carbocycles. The van der Waals surface area contributed by atoms with Gasteiger partial charge in [0.05, 0.1) is 82.8 Å². The number of nitrogens with zero attached hydrogens (tertiary/aromatic N) is 6. The summed E-state index contributed by atoms with van der Waals surface area (Å²) in [4.78, 5) is 0. The summed E-state index contributed by atoms with van der Waals surface area (Å²) in [5.41, 5.74) is 32.3. The van der Waals surface area contributed by atoms with E-state index >= 15 is 0 Å². The van der Waals surface area contributed by atoms with E-state index in [1.165, 1.54) is 261 Å². The van der Waals surface area contributed by atoms with Gasteiger partial charge < -0.3 is 26.9 Å². The first-order valence-electron chi connectivity index (χ1n) is 43.8. The van der Waals surface area contributed by atoms with Crippen LogP contribution in [0.25, 0.3) is 261 Å². The first kappa shape index (κ1) is 70.0. The van der Waals surface area contributed by atoms with Gasteiger partial charge in [-0.1, -0.05) is 291 Å². The van der Waals surface area contributed by atoms with Crippen molar-refractivity contribution in [2.45, 2.75) is 0 Å². The van der Waals surface area contributed by atoms with Gasteiger partial charge in [0.25, 0.3) is 0 Å². The highest BCUT2D eigenvalue weighted by molar-refractivity contribution is 7.25. The molecule has 0 aliphatic heterocycles. The number of hydrogen-bond acceptors (Lipinski definition) is 1. The summed E-state index contributed by atoms with van der Waals surface area (Å²) in [5.74, 6) is 0. The number of benzene rings is 20. The summed E-state index contributed by atoms with van der Waals surface area (Å²) >= 11 is 1.87. The Bertz CT molecular complexity index is 9790. The molecule has 30 rings (SSSR count). The first-order valence-corrected chi connectivity index (χ1v) is 44.6. The Morgan fingerprint density at radius 2 is 0.386 bits per heavy atom. The lowest BCUT2D eigenvalue weighted by atomic mass is 9.99. The Balaban J connectivity index is 0.0000000970. The van der Waals surface area contributed by atoms with E-state index in [4.69, 9.17) is 0 Å². The van der Waals surface area contributed by atoms with Gasteiger partial charge in [-0.15, -0.1) is 11.3 Å². The maximum Gasteiger partial charge on any atom is 0.0620 e. The lowest BCUT2D eigenvalue weighted by Gasteiger charge is -2.09. The minimum atomic E-state index is 1.17. The molecule has 0 unspecified atom stereocenters. The number of para-hydroxylation sites is 10. The van der Waals surface area contributed by atoms with E-state index in [9.17, 15) is 0 Å². The fraction of sp³-hybridized carbons (Fsp3) is 0. The van der Waals surface area contributed by atoms with Gasteiger partial charge in [0, 0.05) is 134 Å². The van der Waals surface area contributed by atoms with Crippen LogP contribution in [-0.2, 0) is 0 Å². The molecule has 127 heavy (non-hydrogen) atoms. The van der Waals surface area contributed by atoms with Crippen molar-refractivity contribution in [1.29, 1.82) is 0 Å². The summed E-state index contributed by atoms with van der Waals surface area (Å²) in [6.07, 6.45) is 0. The van der Waals surface area contributed by atoms with Gasteiger partial charge in [0.1, 0.15) is 0 Å². The number of rotatable bonds is 7. The van der Waals surface area contributed by atoms with E-state index in [1.807, 2.05) is 11.3 Å². The molecule has 30 aromatic rings. The van der Waals surface area contributed by atoms with Crippen LogP contribution in [-0.4, -0.2) is 26.9 Å². The summed E-state index contributed by atoms with van der Waals surface area (Å²) in [7, 11) is 0. The van der Waals surface area contributed by atoms with Gasteiger partial charge in [0.2, 0.25) is 0 Å². The van der Waals surface area contributed by atoms with Gasteiger partial charge in [-0.2, -0.15) is 0 Å². The highest BCUT2D eigenvalue weighted by Crippen LogP contribution is 2.48. The number of hydrogen-bond donors (Lipinski definition) is 0. The summed E-state index contributed by atoms with van der Waals surface area (Å²) < 4.78 is 17.2. The van der Waals surface area contributed by atoms with E-state index in [2.05, 4.69) is 464 Å². The van der Waals surface area contributed by atoms with Crippen molar-refractivity contribution in [3.8, 4) is 61.6 Å². The van der Waals surface area contributed by atoms with Gasteiger partial charge in [-0.05, 0) is 190 Å². The maximum atomic E-state index is 2.47. The van der Waals surface area contributed by atoms with Crippen molar-refractivity contribution in [3.63, 3.8) is 0 Å². The third-order valence-electron chi connectivity index (χ3n) is 27.5. The SMILES string of the molecule is c1ccc(-c2ccc3c(c2)c2cc(-c4ccc5c6cccc7c8ccccc8n(c5c4)c76)ccc2n3-c2ccccc2)cc1.c1ccc(-n2c3ccccc3c3cc(-c4ccc5c6cccc7c8ccccc8n(c5c4)c76)ccc32)cc1.c1ccc2c(c1)sc1ccc(-n3c4ccccc4c4cc(-c5ccc6c7cccc8c9ccccc9n(c6c5)c87)ccc43)cc12. The topological polar surface area (TPSA) is 28.0 Å². The fourth-order valence-electron chi connectivity index (χ4n) is 22.0. The van der Waals surface area contributed by atoms with Crippen molar-refractivity contribution in [2.24, 2.45) is 0 Å². The molecule has 0 aliphatic rings. The molecule has 0 aliphatic carbocycles. The molecule has 0 amide bonds. The molecule has 0 bridgehead atoms. The molecule has 10 heterocycles. The highest BCUT2D eigenvalue weighted by Gasteiger charge is 2.25. The van der Waals surface area contributed by atoms with Gasteiger partial charge in [0.15, 0.2) is 0 Å². The predicted molar refractivity (Wildman–Crippen MR) is 541 cm³/mol. The largest absolute Gasteiger partial charge is 0.309 e. The average molecular weight is 1630 g/mol. The van der Waals surface area contributed by atoms with Crippen LogP contribution >= 0.6 is 11.3 Å². The van der Waals surface area contributed by atoms with Crippen LogP contribution in [0.15, 0.2) is 437 Å². The monoisotopic (exact) mass is 1630 g/mol. The van der Waals surface area contributed by atoms with Crippen LogP contribution in [0.2, 0.25) is 0 Å². The lowest BCUT2D eigenvalue weighted by molar-refractivity contribution is 1.18. The van der Waals surface area contributed by atoms with E-state index < -0.39 is 0 Å². The molecule has 10 aromatic heterocycles. The molecule has 7 heteroatoms. The van der Waals surface area contributed by atoms with Crippen LogP contribution in [0.4, 0.5) is 0 Å². The van der Waals surface area contributed by atoms with Crippen LogP contribution in [0.1, 0.15) is 0 Å². The standard InChI is InChI=1S/C42H24N2S.C42H26N2.C36H22N2/c1-5-14-37-28(8-1)32-11-7-12-33-30-19-16-26(23-39(30)44(37)42(32)33)25-17-20-38-34(22-25)29-9-2-4-13-36(29)43(38)27-18-21-41-35(24-27)31-10-3-6-15-40(31)45-41;1-3-10-27(11-4-1)28-19-22-39-36(24-28)37-25-29(20-23-40(37)43(39)31-12-5-2-6-13-31)30-18-21-33-35-16-9-15-34-32-14-7-8-17-38(32)44(42(34)35)41(33)26-30;1-2-9-25(10-3-1)37-32-15-6-5-12-27(32)31-21-23(18-20-34(31)37)24-17-19-28-30-14-8-13-29-26-11-4-7-16-33(26)38(36(29)30)35(28)22-24/h1-24H;1-26H;1-22H. The van der Waals surface area contributed by atoms with E-state index in [1.54, 1.807) is 0 Å². The molecule has 20 aromatic carbocycles. The van der Waals surface area contributed by atoms with Crippen molar-refractivity contribution >= 4 is 211 Å². The summed E-state index contributed by atoms with van der Waals surface area (Å²) in [6.45, 7) is 0. The average Bonchev–Trinajstić information content (AvgIpc) is 1.55. The molecule has 0 atom stereocenters. The maximum absolute atomic E-state index is 2.47. The molecular formula is C120H72N6S. The van der Waals surface area contributed by atoms with E-state index in [0.717, 1.165) is 0 Å². The Morgan fingerprint density at radius 3 is 0.772 bits per heavy atom. The molecule has 0 N–H and O–H groups in total. The zero-order valence-corrected chi connectivity index (χ0v) is 69.5. The van der Waals surface area contributed by atoms with Crippen LogP contribution in [0.3, 0.4) is 0 Å². The fourth-order valence-corrected chi connectivity index (χ4v) is 23.1. The minimum Gasteiger partial charge on any atom is -0.309 e. The number of thiophene rings is 1. The third-order valence-corrected chi connectivity index (χ3v) is 28.7. The zero-order chi connectivity index (χ0) is 82.8. The molecule has 6 nitrogen and oxygen atoms in total. The highest BCUT2D eigenvalue weighted by atomic mass is 32.1. The van der Waals surface area contributed by atoms with Crippen molar-refractivity contribution in [1.82, 2.24) is 26.9 Å². The lowest BCUT2D eigenvalue weighted by Crippen LogP contribution is -1.93. The van der Waals surface area contributed by atoms with Crippen molar-refractivity contribution in [2.75, 3.05) is 0 Å². The van der Waals surface area contributed by atoms with Crippen molar-refractivity contribution in [3.05, 3.63) is 437 Å². The third kappa shape index (κ3) is 10.2. The second-order valence-electron chi connectivity index (χ2n) is 34.1.